The largest absolute Gasteiger partial charge is 0.396 e. The molecule has 1 saturated heterocycles. The van der Waals surface area contributed by atoms with E-state index in [1.807, 2.05) is 12.1 Å². The smallest absolute Gasteiger partial charge is 0.0500 e. The topological polar surface area (TPSA) is 35.5 Å². The normalized spacial score (nSPS) is 18.4. The highest BCUT2D eigenvalue weighted by Gasteiger charge is 2.35. The number of piperazine rings is 1. The molecule has 1 aliphatic rings. The molecular weight excluding hydrogens is 295 g/mol. The number of aliphatic hydroxyl groups excluding tert-OH is 1. The Bertz CT molecular complexity index is 403. The molecule has 114 valence electrons. The molecule has 5 heteroatoms. The Morgan fingerprint density at radius 3 is 2.30 bits per heavy atom. The molecule has 1 heterocycles. The van der Waals surface area contributed by atoms with Gasteiger partial charge in [0, 0.05) is 49.3 Å². The summed E-state index contributed by atoms with van der Waals surface area (Å²) in [6.07, 6.45) is 0. The van der Waals surface area contributed by atoms with Gasteiger partial charge in [-0.1, -0.05) is 37.6 Å². The molecule has 0 bridgehead atoms. The minimum Gasteiger partial charge on any atom is -0.396 e. The van der Waals surface area contributed by atoms with E-state index >= 15 is 0 Å². The van der Waals surface area contributed by atoms with Crippen molar-refractivity contribution in [2.45, 2.75) is 19.9 Å². The molecule has 1 atom stereocenters. The summed E-state index contributed by atoms with van der Waals surface area (Å²) in [4.78, 5) is 2.45. The van der Waals surface area contributed by atoms with Gasteiger partial charge in [0.2, 0.25) is 0 Å². The predicted molar refractivity (Wildman–Crippen MR) is 86.8 cm³/mol. The van der Waals surface area contributed by atoms with Crippen molar-refractivity contribution in [2.75, 3.05) is 32.8 Å². The fourth-order valence-corrected chi connectivity index (χ4v) is 2.95. The van der Waals surface area contributed by atoms with Gasteiger partial charge >= 0.3 is 0 Å². The minimum atomic E-state index is -0.175. The molecule has 0 radical (unpaired) electrons. The van der Waals surface area contributed by atoms with E-state index in [0.717, 1.165) is 31.2 Å². The highest BCUT2D eigenvalue weighted by Crippen LogP contribution is 2.38. The maximum Gasteiger partial charge on any atom is 0.0500 e. The second-order valence-corrected chi connectivity index (χ2v) is 6.32. The van der Waals surface area contributed by atoms with Crippen LogP contribution in [0, 0.1) is 5.41 Å². The average molecular weight is 319 g/mol. The van der Waals surface area contributed by atoms with Crippen LogP contribution in [0.5, 0.6) is 0 Å². The summed E-state index contributed by atoms with van der Waals surface area (Å²) in [6, 6.07) is 8.23. The van der Waals surface area contributed by atoms with E-state index in [0.29, 0.717) is 0 Å². The predicted octanol–water partition coefficient (Wildman–Crippen LogP) is 2.73. The molecule has 2 N–H and O–H groups in total. The number of nitrogens with one attached hydrogen (secondary N) is 1. The maximum absolute atomic E-state index is 9.74. The zero-order chi connectivity index (χ0) is 13.9. The lowest BCUT2D eigenvalue weighted by atomic mass is 9.80. The van der Waals surface area contributed by atoms with Crippen molar-refractivity contribution in [1.29, 1.82) is 0 Å². The number of rotatable bonds is 4. The maximum atomic E-state index is 9.74. The summed E-state index contributed by atoms with van der Waals surface area (Å²) in [6.45, 7) is 8.44. The summed E-state index contributed by atoms with van der Waals surface area (Å²) in [5.41, 5.74) is 1.05. The van der Waals surface area contributed by atoms with Gasteiger partial charge in [0.05, 0.1) is 0 Å². The molecule has 1 aromatic carbocycles. The molecule has 0 aliphatic carbocycles. The van der Waals surface area contributed by atoms with E-state index < -0.39 is 0 Å². The molecule has 2 rings (SSSR count). The molecule has 0 saturated carbocycles. The molecule has 3 nitrogen and oxygen atoms in total. The van der Waals surface area contributed by atoms with Crippen LogP contribution in [0.4, 0.5) is 0 Å². The van der Waals surface area contributed by atoms with E-state index in [9.17, 15) is 5.11 Å². The van der Waals surface area contributed by atoms with E-state index in [1.54, 1.807) is 0 Å². The van der Waals surface area contributed by atoms with Gasteiger partial charge in [0.1, 0.15) is 0 Å². The third kappa shape index (κ3) is 4.09. The van der Waals surface area contributed by atoms with Crippen LogP contribution in [0.2, 0.25) is 5.02 Å². The summed E-state index contributed by atoms with van der Waals surface area (Å²) in [5, 5.41) is 13.9. The first-order valence-electron chi connectivity index (χ1n) is 6.86. The minimum absolute atomic E-state index is 0. The van der Waals surface area contributed by atoms with E-state index in [4.69, 9.17) is 11.6 Å². The monoisotopic (exact) mass is 318 g/mol. The Labute approximate surface area is 132 Å². The van der Waals surface area contributed by atoms with Crippen molar-refractivity contribution in [3.63, 3.8) is 0 Å². The van der Waals surface area contributed by atoms with Crippen LogP contribution in [0.3, 0.4) is 0 Å². The molecular formula is C15H24Cl2N2O. The van der Waals surface area contributed by atoms with Crippen LogP contribution < -0.4 is 5.32 Å². The first-order valence-corrected chi connectivity index (χ1v) is 7.23. The van der Waals surface area contributed by atoms with Crippen molar-refractivity contribution in [1.82, 2.24) is 10.2 Å². The molecule has 0 aromatic heterocycles. The van der Waals surface area contributed by atoms with Crippen molar-refractivity contribution < 1.29 is 5.11 Å². The second kappa shape index (κ2) is 7.62. The van der Waals surface area contributed by atoms with Crippen LogP contribution in [0.1, 0.15) is 25.5 Å². The molecule has 1 aromatic rings. The van der Waals surface area contributed by atoms with Gasteiger partial charge in [-0.25, -0.2) is 0 Å². The lowest BCUT2D eigenvalue weighted by Crippen LogP contribution is -2.49. The second-order valence-electron chi connectivity index (χ2n) is 5.89. The van der Waals surface area contributed by atoms with Crippen molar-refractivity contribution in [3.8, 4) is 0 Å². The van der Waals surface area contributed by atoms with Crippen LogP contribution in [-0.2, 0) is 0 Å². The Hall–Kier alpha value is -0.320. The first-order chi connectivity index (χ1) is 9.04. The van der Waals surface area contributed by atoms with Gasteiger partial charge < -0.3 is 10.4 Å². The highest BCUT2D eigenvalue weighted by atomic mass is 35.5. The molecule has 0 spiro atoms. The number of aliphatic hydroxyl groups is 1. The SMILES string of the molecule is CC(C)(CO)[C@@H](c1ccc(Cl)cc1)N1CCNCC1.Cl. The summed E-state index contributed by atoms with van der Waals surface area (Å²) in [7, 11) is 0. The van der Waals surface area contributed by atoms with Crippen LogP contribution in [-0.4, -0.2) is 42.8 Å². The Morgan fingerprint density at radius 1 is 1.25 bits per heavy atom. The van der Waals surface area contributed by atoms with Gasteiger partial charge in [0.25, 0.3) is 0 Å². The fraction of sp³-hybridized carbons (Fsp3) is 0.600. The highest BCUT2D eigenvalue weighted by molar-refractivity contribution is 6.30. The molecule has 20 heavy (non-hydrogen) atoms. The first kappa shape index (κ1) is 17.7. The summed E-state index contributed by atoms with van der Waals surface area (Å²) in [5.74, 6) is 0. The molecule has 0 amide bonds. The van der Waals surface area contributed by atoms with E-state index in [-0.39, 0.29) is 30.5 Å². The number of benzene rings is 1. The van der Waals surface area contributed by atoms with Crippen LogP contribution in [0.15, 0.2) is 24.3 Å². The third-order valence-corrected chi connectivity index (χ3v) is 4.10. The standard InChI is InChI=1S/C15H23ClN2O.ClH/c1-15(2,11-19)14(18-9-7-17-8-10-18)12-3-5-13(16)6-4-12;/h3-6,14,17,19H,7-11H2,1-2H3;1H/t14-;/m1./s1. The fourth-order valence-electron chi connectivity index (χ4n) is 2.83. The zero-order valence-electron chi connectivity index (χ0n) is 12.1. The Morgan fingerprint density at radius 2 is 1.80 bits per heavy atom. The number of hydrogen-bond acceptors (Lipinski definition) is 3. The van der Waals surface area contributed by atoms with E-state index in [2.05, 4.69) is 36.2 Å². The van der Waals surface area contributed by atoms with Crippen molar-refractivity contribution in [2.24, 2.45) is 5.41 Å². The average Bonchev–Trinajstić information content (AvgIpc) is 2.42. The van der Waals surface area contributed by atoms with Crippen molar-refractivity contribution >= 4 is 24.0 Å². The van der Waals surface area contributed by atoms with Gasteiger partial charge in [0.15, 0.2) is 0 Å². The van der Waals surface area contributed by atoms with Crippen molar-refractivity contribution in [3.05, 3.63) is 34.9 Å². The van der Waals surface area contributed by atoms with Crippen LogP contribution >= 0.6 is 24.0 Å². The Balaban J connectivity index is 0.00000200. The summed E-state index contributed by atoms with van der Waals surface area (Å²) >= 11 is 5.98. The molecule has 1 aliphatic heterocycles. The van der Waals surface area contributed by atoms with Gasteiger partial charge in [-0.15, -0.1) is 12.4 Å². The van der Waals surface area contributed by atoms with Gasteiger partial charge in [-0.3, -0.25) is 4.90 Å². The van der Waals surface area contributed by atoms with Crippen LogP contribution in [0.25, 0.3) is 0 Å². The summed E-state index contributed by atoms with van der Waals surface area (Å²) < 4.78 is 0. The Kier molecular flexibility index (Phi) is 6.76. The molecule has 0 unspecified atom stereocenters. The lowest BCUT2D eigenvalue weighted by Gasteiger charge is -2.43. The zero-order valence-corrected chi connectivity index (χ0v) is 13.7. The third-order valence-electron chi connectivity index (χ3n) is 3.85. The number of halogens is 2. The van der Waals surface area contributed by atoms with E-state index in [1.165, 1.54) is 5.56 Å². The number of nitrogens with zero attached hydrogens (tertiary/aromatic N) is 1. The van der Waals surface area contributed by atoms with Gasteiger partial charge in [-0.2, -0.15) is 0 Å². The lowest BCUT2D eigenvalue weighted by molar-refractivity contribution is 0.0305. The van der Waals surface area contributed by atoms with Gasteiger partial charge in [-0.05, 0) is 17.7 Å². The molecule has 1 fully saturated rings. The number of hydrogen-bond donors (Lipinski definition) is 2. The quantitative estimate of drug-likeness (QED) is 0.896.